The number of hydrogen-bond acceptors (Lipinski definition) is 1. The molecule has 1 fully saturated rings. The van der Waals surface area contributed by atoms with E-state index in [0.717, 1.165) is 39.0 Å². The number of rotatable bonds is 0. The second kappa shape index (κ2) is 5.45. The van der Waals surface area contributed by atoms with Gasteiger partial charge >= 0.3 is 0 Å². The summed E-state index contributed by atoms with van der Waals surface area (Å²) in [6, 6.07) is 17.9. The lowest BCUT2D eigenvalue weighted by atomic mass is 9.97. The summed E-state index contributed by atoms with van der Waals surface area (Å²) in [6.45, 7) is 4.34. The molecule has 0 aromatic heterocycles. The van der Waals surface area contributed by atoms with Gasteiger partial charge < -0.3 is 5.32 Å². The molecule has 0 saturated carbocycles. The molecule has 1 saturated heterocycles. The predicted molar refractivity (Wildman–Crippen MR) is 86.4 cm³/mol. The molecule has 2 nitrogen and oxygen atoms in total. The Morgan fingerprint density at radius 1 is 0.714 bits per heavy atom. The third kappa shape index (κ3) is 2.30. The first-order valence-corrected chi connectivity index (χ1v) is 7.92. The molecule has 4 rings (SSSR count). The van der Waals surface area contributed by atoms with E-state index in [-0.39, 0.29) is 0 Å². The van der Waals surface area contributed by atoms with Crippen LogP contribution in [0.1, 0.15) is 22.3 Å². The number of benzene rings is 2. The maximum absolute atomic E-state index is 3.46. The monoisotopic (exact) mass is 277 g/mol. The maximum Gasteiger partial charge on any atom is 0.215 e. The fourth-order valence-electron chi connectivity index (χ4n) is 3.58. The molecule has 1 aliphatic carbocycles. The van der Waals surface area contributed by atoms with Crippen molar-refractivity contribution >= 4 is 5.71 Å². The molecule has 0 radical (unpaired) electrons. The normalized spacial score (nSPS) is 17.9. The highest BCUT2D eigenvalue weighted by Crippen LogP contribution is 2.25. The van der Waals surface area contributed by atoms with Crippen molar-refractivity contribution in [2.24, 2.45) is 0 Å². The molecule has 2 aromatic carbocycles. The van der Waals surface area contributed by atoms with E-state index in [1.54, 1.807) is 0 Å². The van der Waals surface area contributed by atoms with Crippen molar-refractivity contribution in [1.29, 1.82) is 0 Å². The quantitative estimate of drug-likeness (QED) is 0.730. The van der Waals surface area contributed by atoms with Crippen LogP contribution in [0.2, 0.25) is 0 Å². The van der Waals surface area contributed by atoms with Crippen molar-refractivity contribution in [3.05, 3.63) is 70.8 Å². The minimum absolute atomic E-state index is 1.08. The molecule has 0 spiro atoms. The van der Waals surface area contributed by atoms with Crippen molar-refractivity contribution in [2.75, 3.05) is 26.2 Å². The van der Waals surface area contributed by atoms with Crippen LogP contribution in [0.25, 0.3) is 0 Å². The molecule has 2 aromatic rings. The average Bonchev–Trinajstić information content (AvgIpc) is 2.72. The van der Waals surface area contributed by atoms with Crippen molar-refractivity contribution in [3.63, 3.8) is 0 Å². The highest BCUT2D eigenvalue weighted by atomic mass is 15.1. The van der Waals surface area contributed by atoms with Gasteiger partial charge in [0.2, 0.25) is 5.71 Å². The predicted octanol–water partition coefficient (Wildman–Crippen LogP) is 2.24. The van der Waals surface area contributed by atoms with Crippen molar-refractivity contribution in [2.45, 2.75) is 12.8 Å². The van der Waals surface area contributed by atoms with E-state index in [2.05, 4.69) is 58.4 Å². The molecule has 1 N–H and O–H groups in total. The van der Waals surface area contributed by atoms with E-state index >= 15 is 0 Å². The zero-order valence-corrected chi connectivity index (χ0v) is 12.3. The van der Waals surface area contributed by atoms with Gasteiger partial charge in [0.15, 0.2) is 13.1 Å². The summed E-state index contributed by atoms with van der Waals surface area (Å²) in [5.41, 5.74) is 7.29. The van der Waals surface area contributed by atoms with Gasteiger partial charge in [-0.15, -0.1) is 0 Å². The lowest BCUT2D eigenvalue weighted by Crippen LogP contribution is -2.41. The Morgan fingerprint density at radius 3 is 1.81 bits per heavy atom. The lowest BCUT2D eigenvalue weighted by molar-refractivity contribution is -0.531. The molecule has 0 amide bonds. The smallest absolute Gasteiger partial charge is 0.215 e. The highest BCUT2D eigenvalue weighted by Gasteiger charge is 2.27. The Hall–Kier alpha value is -1.93. The maximum atomic E-state index is 3.46. The van der Waals surface area contributed by atoms with Gasteiger partial charge in [0, 0.05) is 11.1 Å². The van der Waals surface area contributed by atoms with Crippen LogP contribution >= 0.6 is 0 Å². The van der Waals surface area contributed by atoms with Crippen LogP contribution in [-0.2, 0) is 12.8 Å². The van der Waals surface area contributed by atoms with Crippen molar-refractivity contribution in [1.82, 2.24) is 5.32 Å². The van der Waals surface area contributed by atoms with Crippen molar-refractivity contribution < 1.29 is 4.58 Å². The van der Waals surface area contributed by atoms with E-state index in [1.807, 2.05) is 0 Å². The van der Waals surface area contributed by atoms with Crippen LogP contribution in [0, 0.1) is 0 Å². The third-order valence-electron chi connectivity index (χ3n) is 4.64. The largest absolute Gasteiger partial charge is 0.305 e. The topological polar surface area (TPSA) is 15.0 Å². The Bertz CT molecular complexity index is 643. The summed E-state index contributed by atoms with van der Waals surface area (Å²) in [5, 5.41) is 3.46. The van der Waals surface area contributed by atoms with Gasteiger partial charge in [-0.05, 0) is 36.1 Å². The van der Waals surface area contributed by atoms with Crippen LogP contribution in [0.4, 0.5) is 0 Å². The van der Waals surface area contributed by atoms with Gasteiger partial charge in [0.25, 0.3) is 0 Å². The molecule has 0 bridgehead atoms. The number of fused-ring (bicyclic) bond motifs is 2. The van der Waals surface area contributed by atoms with Gasteiger partial charge in [-0.2, -0.15) is 0 Å². The second-order valence-corrected chi connectivity index (χ2v) is 5.90. The van der Waals surface area contributed by atoms with Gasteiger partial charge in [-0.3, -0.25) is 0 Å². The first-order valence-electron chi connectivity index (χ1n) is 7.92. The summed E-state index contributed by atoms with van der Waals surface area (Å²) >= 11 is 0. The second-order valence-electron chi connectivity index (χ2n) is 5.90. The molecule has 1 heterocycles. The van der Waals surface area contributed by atoms with Crippen LogP contribution in [-0.4, -0.2) is 36.5 Å². The summed E-state index contributed by atoms with van der Waals surface area (Å²) in [4.78, 5) is 0. The van der Waals surface area contributed by atoms with Crippen LogP contribution in [0.5, 0.6) is 0 Å². The van der Waals surface area contributed by atoms with Gasteiger partial charge in [0.05, 0.1) is 13.1 Å². The van der Waals surface area contributed by atoms with E-state index < -0.39 is 0 Å². The van der Waals surface area contributed by atoms with E-state index in [4.69, 9.17) is 0 Å². The van der Waals surface area contributed by atoms with Gasteiger partial charge in [0.1, 0.15) is 0 Å². The summed E-state index contributed by atoms with van der Waals surface area (Å²) in [6.07, 6.45) is 2.28. The molecule has 21 heavy (non-hydrogen) atoms. The Kier molecular flexibility index (Phi) is 3.32. The standard InChI is InChI=1S/C19H21N2/c1-3-7-17-15(5-1)9-10-16-6-2-4-8-18(16)19(17)21-13-11-20-12-14-21/h1-8,20H,9-14H2/q+1. The number of nitrogens with zero attached hydrogens (tertiary/aromatic N) is 1. The van der Waals surface area contributed by atoms with Crippen LogP contribution in [0.15, 0.2) is 48.5 Å². The highest BCUT2D eigenvalue weighted by molar-refractivity contribution is 6.12. The SMILES string of the molecule is c1ccc2c(c1)CCc1ccccc1C2=[N+]1CCNCC1. The molecule has 1 aliphatic heterocycles. The number of nitrogens with one attached hydrogen (secondary N) is 1. The van der Waals surface area contributed by atoms with E-state index in [9.17, 15) is 0 Å². The molecule has 0 atom stereocenters. The van der Waals surface area contributed by atoms with Gasteiger partial charge in [-0.25, -0.2) is 4.58 Å². The zero-order valence-electron chi connectivity index (χ0n) is 12.3. The first-order chi connectivity index (χ1) is 10.4. The lowest BCUT2D eigenvalue weighted by Gasteiger charge is -2.17. The number of aryl methyl sites for hydroxylation is 2. The minimum atomic E-state index is 1.08. The molecular formula is C19H21N2+. The van der Waals surface area contributed by atoms with Crippen LogP contribution < -0.4 is 5.32 Å². The summed E-state index contributed by atoms with van der Waals surface area (Å²) in [5.74, 6) is 0. The fourth-order valence-corrected chi connectivity index (χ4v) is 3.58. The third-order valence-corrected chi connectivity index (χ3v) is 4.64. The number of hydrogen-bond donors (Lipinski definition) is 1. The van der Waals surface area contributed by atoms with E-state index in [1.165, 1.54) is 28.0 Å². The molecule has 106 valence electrons. The number of piperazine rings is 1. The molecule has 0 unspecified atom stereocenters. The average molecular weight is 277 g/mol. The van der Waals surface area contributed by atoms with E-state index in [0.29, 0.717) is 0 Å². The van der Waals surface area contributed by atoms with Gasteiger partial charge in [-0.1, -0.05) is 36.4 Å². The van der Waals surface area contributed by atoms with Crippen LogP contribution in [0.3, 0.4) is 0 Å². The molecule has 2 aliphatic rings. The molecular weight excluding hydrogens is 256 g/mol. The Labute approximate surface area is 126 Å². The summed E-state index contributed by atoms with van der Waals surface area (Å²) in [7, 11) is 0. The summed E-state index contributed by atoms with van der Waals surface area (Å²) < 4.78 is 2.57. The Morgan fingerprint density at radius 2 is 1.24 bits per heavy atom. The Balaban J connectivity index is 1.98. The molecule has 2 heteroatoms. The zero-order chi connectivity index (χ0) is 14.1. The van der Waals surface area contributed by atoms with Crippen molar-refractivity contribution in [3.8, 4) is 0 Å². The fraction of sp³-hybridized carbons (Fsp3) is 0.316. The minimum Gasteiger partial charge on any atom is -0.305 e. The first kappa shape index (κ1) is 12.8.